The number of aliphatic hydroxyl groups is 2. The van der Waals surface area contributed by atoms with Crippen LogP contribution in [0.25, 0.3) is 0 Å². The highest BCUT2D eigenvalue weighted by Crippen LogP contribution is 2.22. The molecule has 6 heteroatoms. The number of benzene rings is 1. The summed E-state index contributed by atoms with van der Waals surface area (Å²) in [6.45, 7) is 6.93. The summed E-state index contributed by atoms with van der Waals surface area (Å²) in [7, 11) is 0. The van der Waals surface area contributed by atoms with Gasteiger partial charge in [-0.15, -0.1) is 0 Å². The van der Waals surface area contributed by atoms with Gasteiger partial charge < -0.3 is 20.3 Å². The largest absolute Gasteiger partial charge is 0.444 e. The normalized spacial score (nSPS) is 14.4. The van der Waals surface area contributed by atoms with Crippen molar-refractivity contribution in [2.45, 2.75) is 45.5 Å². The third-order valence-corrected chi connectivity index (χ3v) is 3.17. The van der Waals surface area contributed by atoms with E-state index in [1.165, 1.54) is 0 Å². The summed E-state index contributed by atoms with van der Waals surface area (Å²) in [5.41, 5.74) is 0.733. The van der Waals surface area contributed by atoms with E-state index in [-0.39, 0.29) is 6.54 Å². The van der Waals surface area contributed by atoms with Gasteiger partial charge in [0, 0.05) is 11.6 Å². The van der Waals surface area contributed by atoms with E-state index in [1.54, 1.807) is 39.0 Å². The second-order valence-electron chi connectivity index (χ2n) is 5.90. The number of aliphatic hydroxyl groups excluding tert-OH is 2. The molecule has 0 saturated carbocycles. The Morgan fingerprint density at radius 2 is 2.00 bits per heavy atom. The molecule has 2 atom stereocenters. The lowest BCUT2D eigenvalue weighted by Gasteiger charge is -2.22. The van der Waals surface area contributed by atoms with Gasteiger partial charge in [0.15, 0.2) is 0 Å². The van der Waals surface area contributed by atoms with Gasteiger partial charge >= 0.3 is 6.09 Å². The molecule has 1 aromatic rings. The number of carbonyl (C=O) groups is 1. The van der Waals surface area contributed by atoms with Crippen molar-refractivity contribution in [1.29, 1.82) is 0 Å². The zero-order valence-corrected chi connectivity index (χ0v) is 13.4. The third kappa shape index (κ3) is 5.91. The average molecular weight is 316 g/mol. The van der Waals surface area contributed by atoms with E-state index in [0.717, 1.165) is 5.56 Å². The maximum absolute atomic E-state index is 11.5. The second-order valence-corrected chi connectivity index (χ2v) is 6.31. The molecule has 0 bridgehead atoms. The molecule has 1 rings (SSSR count). The van der Waals surface area contributed by atoms with E-state index < -0.39 is 23.9 Å². The first-order valence-electron chi connectivity index (χ1n) is 6.69. The van der Waals surface area contributed by atoms with Crippen molar-refractivity contribution in [2.75, 3.05) is 6.54 Å². The van der Waals surface area contributed by atoms with E-state index >= 15 is 0 Å². The summed E-state index contributed by atoms with van der Waals surface area (Å²) in [6, 6.07) is 4.99. The molecular weight excluding hydrogens is 294 g/mol. The Morgan fingerprint density at radius 1 is 1.38 bits per heavy atom. The van der Waals surface area contributed by atoms with Crippen molar-refractivity contribution in [1.82, 2.24) is 5.32 Å². The number of carbonyl (C=O) groups excluding carboxylic acids is 1. The minimum absolute atomic E-state index is 0.113. The maximum atomic E-state index is 11.5. The number of halogens is 1. The molecule has 0 radical (unpaired) electrons. The molecule has 0 fully saturated rings. The minimum Gasteiger partial charge on any atom is -0.444 e. The molecule has 0 aliphatic heterocycles. The topological polar surface area (TPSA) is 78.8 Å². The third-order valence-electron chi connectivity index (χ3n) is 2.74. The number of nitrogens with one attached hydrogen (secondary N) is 1. The summed E-state index contributed by atoms with van der Waals surface area (Å²) >= 11 is 5.91. The minimum atomic E-state index is -1.14. The highest BCUT2D eigenvalue weighted by Gasteiger charge is 2.21. The molecule has 3 N–H and O–H groups in total. The smallest absolute Gasteiger partial charge is 0.407 e. The lowest BCUT2D eigenvalue weighted by molar-refractivity contribution is 0.0129. The molecule has 0 spiro atoms. The van der Waals surface area contributed by atoms with E-state index in [1.807, 2.05) is 6.92 Å². The van der Waals surface area contributed by atoms with Crippen LogP contribution in [0.15, 0.2) is 18.2 Å². The molecular formula is C15H22ClNO4. The first-order chi connectivity index (χ1) is 9.60. The van der Waals surface area contributed by atoms with Crippen molar-refractivity contribution in [3.05, 3.63) is 34.3 Å². The molecule has 5 nitrogen and oxygen atoms in total. The fourth-order valence-corrected chi connectivity index (χ4v) is 1.81. The summed E-state index contributed by atoms with van der Waals surface area (Å²) in [5, 5.41) is 23.0. The molecule has 0 saturated heterocycles. The van der Waals surface area contributed by atoms with Gasteiger partial charge in [0.2, 0.25) is 0 Å². The van der Waals surface area contributed by atoms with Crippen molar-refractivity contribution < 1.29 is 19.7 Å². The number of ether oxygens (including phenoxy) is 1. The number of aryl methyl sites for hydroxylation is 1. The molecule has 0 aliphatic rings. The van der Waals surface area contributed by atoms with Crippen molar-refractivity contribution >= 4 is 17.7 Å². The van der Waals surface area contributed by atoms with Crippen LogP contribution in [0.5, 0.6) is 0 Å². The highest BCUT2D eigenvalue weighted by atomic mass is 35.5. The van der Waals surface area contributed by atoms with Gasteiger partial charge in [0.1, 0.15) is 17.8 Å². The van der Waals surface area contributed by atoms with Crippen molar-refractivity contribution in [2.24, 2.45) is 0 Å². The monoisotopic (exact) mass is 315 g/mol. The van der Waals surface area contributed by atoms with Crippen molar-refractivity contribution in [3.8, 4) is 0 Å². The average Bonchev–Trinajstić information content (AvgIpc) is 2.36. The fraction of sp³-hybridized carbons (Fsp3) is 0.533. The van der Waals surface area contributed by atoms with Crippen LogP contribution in [0.4, 0.5) is 4.79 Å². The first-order valence-corrected chi connectivity index (χ1v) is 7.07. The first kappa shape index (κ1) is 17.8. The quantitative estimate of drug-likeness (QED) is 0.798. The molecule has 0 heterocycles. The van der Waals surface area contributed by atoms with Crippen LogP contribution in [0.3, 0.4) is 0 Å². The van der Waals surface area contributed by atoms with Gasteiger partial charge in [-0.1, -0.05) is 23.7 Å². The number of amides is 1. The Kier molecular flexibility index (Phi) is 6.01. The Bertz CT molecular complexity index is 499. The van der Waals surface area contributed by atoms with Crippen LogP contribution in [0, 0.1) is 6.92 Å². The zero-order valence-electron chi connectivity index (χ0n) is 12.7. The molecule has 1 amide bonds. The Hall–Kier alpha value is -1.30. The van der Waals surface area contributed by atoms with Crippen LogP contribution in [0.1, 0.15) is 38.0 Å². The van der Waals surface area contributed by atoms with Crippen LogP contribution < -0.4 is 5.32 Å². The fourth-order valence-electron chi connectivity index (χ4n) is 1.69. The number of hydrogen-bond acceptors (Lipinski definition) is 4. The van der Waals surface area contributed by atoms with Gasteiger partial charge in [0.05, 0.1) is 0 Å². The van der Waals surface area contributed by atoms with Gasteiger partial charge in [-0.2, -0.15) is 0 Å². The molecule has 21 heavy (non-hydrogen) atoms. The Labute approximate surface area is 129 Å². The summed E-state index contributed by atoms with van der Waals surface area (Å²) in [6.07, 6.45) is -2.89. The number of alkyl carbamates (subject to hydrolysis) is 1. The summed E-state index contributed by atoms with van der Waals surface area (Å²) in [4.78, 5) is 11.5. The standard InChI is InChI=1S/C15H22ClNO4/c1-9-7-10(5-6-11(9)16)13(19)12(18)8-17-14(20)21-15(2,3)4/h5-7,12-13,18-19H,8H2,1-4H3,(H,17,20). The highest BCUT2D eigenvalue weighted by molar-refractivity contribution is 6.31. The van der Waals surface area contributed by atoms with Gasteiger partial charge in [-0.3, -0.25) is 0 Å². The molecule has 0 aliphatic carbocycles. The number of hydrogen-bond donors (Lipinski definition) is 3. The lowest BCUT2D eigenvalue weighted by Crippen LogP contribution is -2.38. The molecule has 1 aromatic carbocycles. The van der Waals surface area contributed by atoms with E-state index in [4.69, 9.17) is 16.3 Å². The molecule has 2 unspecified atom stereocenters. The van der Waals surface area contributed by atoms with Gasteiger partial charge in [-0.05, 0) is 44.9 Å². The number of rotatable bonds is 4. The SMILES string of the molecule is Cc1cc(C(O)C(O)CNC(=O)OC(C)(C)C)ccc1Cl. The Morgan fingerprint density at radius 3 is 2.52 bits per heavy atom. The van der Waals surface area contributed by atoms with E-state index in [9.17, 15) is 15.0 Å². The van der Waals surface area contributed by atoms with E-state index in [0.29, 0.717) is 10.6 Å². The Balaban J connectivity index is 2.56. The molecule has 118 valence electrons. The predicted octanol–water partition coefficient (Wildman–Crippen LogP) is 2.57. The second kappa shape index (κ2) is 7.11. The lowest BCUT2D eigenvalue weighted by atomic mass is 10.0. The summed E-state index contributed by atoms with van der Waals surface area (Å²) < 4.78 is 5.05. The maximum Gasteiger partial charge on any atom is 0.407 e. The van der Waals surface area contributed by atoms with Crippen LogP contribution in [-0.4, -0.2) is 34.6 Å². The summed E-state index contributed by atoms with van der Waals surface area (Å²) in [5.74, 6) is 0. The van der Waals surface area contributed by atoms with Crippen molar-refractivity contribution in [3.63, 3.8) is 0 Å². The predicted molar refractivity (Wildman–Crippen MR) is 81.4 cm³/mol. The van der Waals surface area contributed by atoms with Gasteiger partial charge in [-0.25, -0.2) is 4.79 Å². The molecule has 0 aromatic heterocycles. The van der Waals surface area contributed by atoms with Crippen LogP contribution in [-0.2, 0) is 4.74 Å². The van der Waals surface area contributed by atoms with Crippen LogP contribution in [0.2, 0.25) is 5.02 Å². The van der Waals surface area contributed by atoms with Gasteiger partial charge in [0.25, 0.3) is 0 Å². The zero-order chi connectivity index (χ0) is 16.2. The van der Waals surface area contributed by atoms with Crippen LogP contribution >= 0.6 is 11.6 Å². The van der Waals surface area contributed by atoms with E-state index in [2.05, 4.69) is 5.32 Å².